The van der Waals surface area contributed by atoms with Crippen LogP contribution in [0.2, 0.25) is 0 Å². The number of piperidine rings is 2. The van der Waals surface area contributed by atoms with Crippen molar-refractivity contribution < 1.29 is 13.6 Å². The highest BCUT2D eigenvalue weighted by Gasteiger charge is 2.37. The van der Waals surface area contributed by atoms with Crippen molar-refractivity contribution in [2.24, 2.45) is 0 Å². The highest BCUT2D eigenvalue weighted by atomic mass is 32.1. The minimum atomic E-state index is -2.50. The number of hydrogen-bond donors (Lipinski definition) is 1. The maximum atomic E-state index is 13.2. The van der Waals surface area contributed by atoms with Gasteiger partial charge in [0.25, 0.3) is 5.92 Å². The van der Waals surface area contributed by atoms with E-state index in [1.54, 1.807) is 0 Å². The van der Waals surface area contributed by atoms with Crippen LogP contribution in [-0.4, -0.2) is 58.8 Å². The van der Waals surface area contributed by atoms with Crippen LogP contribution in [0.15, 0.2) is 5.38 Å². The number of likely N-dealkylation sites (tertiary alicyclic amines) is 2. The van der Waals surface area contributed by atoms with Crippen molar-refractivity contribution in [1.29, 1.82) is 0 Å². The summed E-state index contributed by atoms with van der Waals surface area (Å²) in [5, 5.41) is 2.29. The first kappa shape index (κ1) is 16.6. The molecule has 8 heteroatoms. The van der Waals surface area contributed by atoms with Gasteiger partial charge >= 0.3 is 0 Å². The highest BCUT2D eigenvalue weighted by molar-refractivity contribution is 7.13. The summed E-state index contributed by atoms with van der Waals surface area (Å²) in [6.45, 7) is 2.31. The molecule has 2 N–H and O–H groups in total. The maximum Gasteiger partial charge on any atom is 0.250 e. The first-order valence-electron chi connectivity index (χ1n) is 8.02. The van der Waals surface area contributed by atoms with Crippen molar-refractivity contribution in [3.05, 3.63) is 11.1 Å². The zero-order valence-electron chi connectivity index (χ0n) is 13.0. The second-order valence-corrected chi connectivity index (χ2v) is 7.25. The Labute approximate surface area is 138 Å². The molecule has 0 radical (unpaired) electrons. The standard InChI is InChI=1S/C15H22F2N4OS/c16-15(17)3-7-20(8-4-15)12-1-5-21(6-2-12)13(22)9-11-10-23-14(18)19-11/h10,12H,1-9H2,(H2,18,19). The number of halogens is 2. The first-order valence-corrected chi connectivity index (χ1v) is 8.90. The number of alkyl halides is 2. The molecule has 0 aromatic carbocycles. The topological polar surface area (TPSA) is 62.5 Å². The number of hydrogen-bond acceptors (Lipinski definition) is 5. The Hall–Kier alpha value is -1.28. The molecule has 0 saturated carbocycles. The largest absolute Gasteiger partial charge is 0.375 e. The molecule has 0 bridgehead atoms. The van der Waals surface area contributed by atoms with E-state index in [4.69, 9.17) is 5.73 Å². The highest BCUT2D eigenvalue weighted by Crippen LogP contribution is 2.30. The van der Waals surface area contributed by atoms with E-state index in [1.807, 2.05) is 10.3 Å². The SMILES string of the molecule is Nc1nc(CC(=O)N2CCC(N3CCC(F)(F)CC3)CC2)cs1. The van der Waals surface area contributed by atoms with Gasteiger partial charge in [0.1, 0.15) is 0 Å². The first-order chi connectivity index (χ1) is 10.9. The van der Waals surface area contributed by atoms with Gasteiger partial charge in [0, 0.05) is 50.4 Å². The van der Waals surface area contributed by atoms with Gasteiger partial charge in [-0.3, -0.25) is 9.69 Å². The number of rotatable bonds is 3. The number of nitrogens with two attached hydrogens (primary N) is 1. The lowest BCUT2D eigenvalue weighted by atomic mass is 9.98. The summed E-state index contributed by atoms with van der Waals surface area (Å²) in [4.78, 5) is 20.4. The Morgan fingerprint density at radius 3 is 2.52 bits per heavy atom. The van der Waals surface area contributed by atoms with E-state index >= 15 is 0 Å². The van der Waals surface area contributed by atoms with Gasteiger partial charge < -0.3 is 10.6 Å². The van der Waals surface area contributed by atoms with Crippen LogP contribution in [-0.2, 0) is 11.2 Å². The fourth-order valence-electron chi connectivity index (χ4n) is 3.37. The molecule has 2 aliphatic rings. The molecule has 1 aromatic heterocycles. The molecule has 2 saturated heterocycles. The van der Waals surface area contributed by atoms with E-state index in [0.717, 1.165) is 18.5 Å². The molecule has 3 rings (SSSR count). The van der Waals surface area contributed by atoms with Gasteiger partial charge in [0.2, 0.25) is 5.91 Å². The molecule has 1 aromatic rings. The summed E-state index contributed by atoms with van der Waals surface area (Å²) in [5.41, 5.74) is 6.30. The second-order valence-electron chi connectivity index (χ2n) is 6.36. The number of nitrogen functional groups attached to an aromatic ring is 1. The number of carbonyl (C=O) groups is 1. The molecule has 3 heterocycles. The van der Waals surface area contributed by atoms with E-state index in [-0.39, 0.29) is 25.2 Å². The average Bonchev–Trinajstić information content (AvgIpc) is 2.92. The van der Waals surface area contributed by atoms with E-state index < -0.39 is 5.92 Å². The van der Waals surface area contributed by atoms with E-state index in [9.17, 15) is 13.6 Å². The van der Waals surface area contributed by atoms with Crippen LogP contribution in [0, 0.1) is 0 Å². The van der Waals surface area contributed by atoms with Crippen LogP contribution in [0.1, 0.15) is 31.4 Å². The Morgan fingerprint density at radius 1 is 1.30 bits per heavy atom. The Balaban J connectivity index is 1.46. The molecular formula is C15H22F2N4OS. The third kappa shape index (κ3) is 4.17. The van der Waals surface area contributed by atoms with E-state index in [0.29, 0.717) is 37.4 Å². The van der Waals surface area contributed by atoms with Gasteiger partial charge in [0.05, 0.1) is 12.1 Å². The summed E-state index contributed by atoms with van der Waals surface area (Å²) in [5.74, 6) is -2.43. The molecule has 5 nitrogen and oxygen atoms in total. The number of carbonyl (C=O) groups excluding carboxylic acids is 1. The van der Waals surface area contributed by atoms with Gasteiger partial charge in [-0.1, -0.05) is 0 Å². The predicted molar refractivity (Wildman–Crippen MR) is 85.6 cm³/mol. The Morgan fingerprint density at radius 2 is 1.96 bits per heavy atom. The van der Waals surface area contributed by atoms with Crippen molar-refractivity contribution in [2.75, 3.05) is 31.9 Å². The number of anilines is 1. The summed E-state index contributed by atoms with van der Waals surface area (Å²) < 4.78 is 26.5. The third-order valence-electron chi connectivity index (χ3n) is 4.76. The van der Waals surface area contributed by atoms with Crippen LogP contribution >= 0.6 is 11.3 Å². The maximum absolute atomic E-state index is 13.2. The van der Waals surface area contributed by atoms with Crippen LogP contribution in [0.3, 0.4) is 0 Å². The Bertz CT molecular complexity index is 547. The molecular weight excluding hydrogens is 322 g/mol. The molecule has 0 aliphatic carbocycles. The molecule has 2 fully saturated rings. The number of amides is 1. The van der Waals surface area contributed by atoms with E-state index in [2.05, 4.69) is 9.88 Å². The average molecular weight is 344 g/mol. The Kier molecular flexibility index (Phi) is 4.82. The van der Waals surface area contributed by atoms with Crippen molar-refractivity contribution in [1.82, 2.24) is 14.8 Å². The van der Waals surface area contributed by atoms with Gasteiger partial charge in [-0.15, -0.1) is 11.3 Å². The van der Waals surface area contributed by atoms with Crippen molar-refractivity contribution in [3.8, 4) is 0 Å². The quantitative estimate of drug-likeness (QED) is 0.911. The van der Waals surface area contributed by atoms with Gasteiger partial charge in [-0.05, 0) is 12.8 Å². The lowest BCUT2D eigenvalue weighted by Crippen LogP contribution is -2.50. The molecule has 0 spiro atoms. The lowest BCUT2D eigenvalue weighted by Gasteiger charge is -2.41. The van der Waals surface area contributed by atoms with Gasteiger partial charge in [0.15, 0.2) is 5.13 Å². The van der Waals surface area contributed by atoms with Crippen LogP contribution in [0.4, 0.5) is 13.9 Å². The number of thiazole rings is 1. The smallest absolute Gasteiger partial charge is 0.250 e. The minimum absolute atomic E-state index is 0.0443. The van der Waals surface area contributed by atoms with Crippen LogP contribution in [0.25, 0.3) is 0 Å². The molecule has 128 valence electrons. The second kappa shape index (κ2) is 6.68. The lowest BCUT2D eigenvalue weighted by molar-refractivity contribution is -0.132. The molecule has 2 aliphatic heterocycles. The number of nitrogens with zero attached hydrogens (tertiary/aromatic N) is 3. The number of aromatic nitrogens is 1. The third-order valence-corrected chi connectivity index (χ3v) is 5.49. The molecule has 0 atom stereocenters. The van der Waals surface area contributed by atoms with Gasteiger partial charge in [-0.25, -0.2) is 13.8 Å². The van der Waals surface area contributed by atoms with Crippen molar-refractivity contribution in [2.45, 2.75) is 44.1 Å². The molecule has 1 amide bonds. The molecule has 0 unspecified atom stereocenters. The summed E-state index contributed by atoms with van der Waals surface area (Å²) in [6.07, 6.45) is 1.91. The summed E-state index contributed by atoms with van der Waals surface area (Å²) in [7, 11) is 0. The van der Waals surface area contributed by atoms with Crippen LogP contribution in [0.5, 0.6) is 0 Å². The summed E-state index contributed by atoms with van der Waals surface area (Å²) in [6, 6.07) is 0.324. The fraction of sp³-hybridized carbons (Fsp3) is 0.733. The zero-order valence-corrected chi connectivity index (χ0v) is 13.8. The minimum Gasteiger partial charge on any atom is -0.375 e. The van der Waals surface area contributed by atoms with Crippen molar-refractivity contribution >= 4 is 22.4 Å². The normalized spacial score (nSPS) is 23.1. The predicted octanol–water partition coefficient (Wildman–Crippen LogP) is 1.99. The van der Waals surface area contributed by atoms with E-state index in [1.165, 1.54) is 11.3 Å². The molecule has 23 heavy (non-hydrogen) atoms. The van der Waals surface area contributed by atoms with Crippen molar-refractivity contribution in [3.63, 3.8) is 0 Å². The monoisotopic (exact) mass is 344 g/mol. The zero-order chi connectivity index (χ0) is 16.4. The fourth-order valence-corrected chi connectivity index (χ4v) is 3.93. The summed E-state index contributed by atoms with van der Waals surface area (Å²) >= 11 is 1.34. The van der Waals surface area contributed by atoms with Gasteiger partial charge in [-0.2, -0.15) is 0 Å². The van der Waals surface area contributed by atoms with Crippen LogP contribution < -0.4 is 5.73 Å².